The molecular formula is C12H20N4OS. The van der Waals surface area contributed by atoms with Crippen LogP contribution in [0.2, 0.25) is 0 Å². The van der Waals surface area contributed by atoms with Gasteiger partial charge in [0.25, 0.3) is 0 Å². The van der Waals surface area contributed by atoms with Gasteiger partial charge in [-0.25, -0.2) is 15.8 Å². The first kappa shape index (κ1) is 13.6. The van der Waals surface area contributed by atoms with E-state index in [9.17, 15) is 0 Å². The van der Waals surface area contributed by atoms with Crippen molar-refractivity contribution in [1.82, 2.24) is 9.97 Å². The summed E-state index contributed by atoms with van der Waals surface area (Å²) < 4.78 is 5.34. The van der Waals surface area contributed by atoms with Crippen molar-refractivity contribution in [2.75, 3.05) is 12.0 Å². The van der Waals surface area contributed by atoms with E-state index in [-0.39, 0.29) is 0 Å². The molecule has 0 unspecified atom stereocenters. The monoisotopic (exact) mass is 268 g/mol. The van der Waals surface area contributed by atoms with Crippen LogP contribution in [0.1, 0.15) is 38.4 Å². The number of nitrogen functional groups attached to an aromatic ring is 1. The summed E-state index contributed by atoms with van der Waals surface area (Å²) in [6, 6.07) is 1.90. The molecule has 0 saturated heterocycles. The first-order valence-corrected chi connectivity index (χ1v) is 7.28. The highest BCUT2D eigenvalue weighted by atomic mass is 32.2. The summed E-state index contributed by atoms with van der Waals surface area (Å²) in [6.07, 6.45) is 5.22. The molecule has 1 aliphatic rings. The summed E-state index contributed by atoms with van der Waals surface area (Å²) in [6.45, 7) is 3.05. The standard InChI is InChI=1S/C12H20N4OS/c1-2-17-8-11-14-10(16-13)7-12(15-11)18-9-5-3-4-6-9/h7,9H,2-6,8,13H2,1H3,(H,14,15,16). The number of hydrazine groups is 1. The summed E-state index contributed by atoms with van der Waals surface area (Å²) in [7, 11) is 0. The van der Waals surface area contributed by atoms with Crippen molar-refractivity contribution in [2.45, 2.75) is 49.5 Å². The molecule has 2 rings (SSSR count). The van der Waals surface area contributed by atoms with Crippen molar-refractivity contribution in [3.05, 3.63) is 11.9 Å². The van der Waals surface area contributed by atoms with Crippen molar-refractivity contribution in [3.63, 3.8) is 0 Å². The number of hydrogen-bond acceptors (Lipinski definition) is 6. The van der Waals surface area contributed by atoms with Gasteiger partial charge in [-0.1, -0.05) is 12.8 Å². The molecule has 1 aromatic rings. The van der Waals surface area contributed by atoms with E-state index in [1.165, 1.54) is 25.7 Å². The summed E-state index contributed by atoms with van der Waals surface area (Å²) in [4.78, 5) is 8.79. The second-order valence-electron chi connectivity index (χ2n) is 4.31. The SMILES string of the molecule is CCOCc1nc(NN)cc(SC2CCCC2)n1. The van der Waals surface area contributed by atoms with E-state index in [0.717, 1.165) is 5.03 Å². The maximum Gasteiger partial charge on any atom is 0.157 e. The minimum Gasteiger partial charge on any atom is -0.374 e. The molecule has 1 aliphatic carbocycles. The molecule has 0 amide bonds. The molecule has 1 heterocycles. The van der Waals surface area contributed by atoms with Crippen LogP contribution in [0, 0.1) is 0 Å². The van der Waals surface area contributed by atoms with Gasteiger partial charge < -0.3 is 10.2 Å². The highest BCUT2D eigenvalue weighted by Crippen LogP contribution is 2.34. The zero-order valence-electron chi connectivity index (χ0n) is 10.7. The minimum absolute atomic E-state index is 0.435. The lowest BCUT2D eigenvalue weighted by molar-refractivity contribution is 0.128. The van der Waals surface area contributed by atoms with Crippen LogP contribution in [-0.4, -0.2) is 21.8 Å². The minimum atomic E-state index is 0.435. The van der Waals surface area contributed by atoms with Crippen LogP contribution >= 0.6 is 11.8 Å². The van der Waals surface area contributed by atoms with Gasteiger partial charge in [0.15, 0.2) is 5.82 Å². The van der Waals surface area contributed by atoms with E-state index in [1.807, 2.05) is 24.8 Å². The second-order valence-corrected chi connectivity index (χ2v) is 5.63. The fourth-order valence-corrected chi connectivity index (χ4v) is 3.29. The third-order valence-corrected chi connectivity index (χ3v) is 4.18. The molecule has 1 fully saturated rings. The van der Waals surface area contributed by atoms with Gasteiger partial charge in [0.1, 0.15) is 17.5 Å². The van der Waals surface area contributed by atoms with Crippen molar-refractivity contribution in [2.24, 2.45) is 5.84 Å². The zero-order valence-corrected chi connectivity index (χ0v) is 11.5. The van der Waals surface area contributed by atoms with Crippen LogP contribution in [0.25, 0.3) is 0 Å². The number of anilines is 1. The lowest BCUT2D eigenvalue weighted by Crippen LogP contribution is -2.11. The van der Waals surface area contributed by atoms with E-state index in [2.05, 4.69) is 15.4 Å². The van der Waals surface area contributed by atoms with Gasteiger partial charge in [0, 0.05) is 17.9 Å². The first-order chi connectivity index (χ1) is 8.81. The third-order valence-electron chi connectivity index (χ3n) is 2.92. The fourth-order valence-electron chi connectivity index (χ4n) is 2.04. The van der Waals surface area contributed by atoms with E-state index >= 15 is 0 Å². The number of ether oxygens (including phenoxy) is 1. The first-order valence-electron chi connectivity index (χ1n) is 6.40. The van der Waals surface area contributed by atoms with Gasteiger partial charge >= 0.3 is 0 Å². The van der Waals surface area contributed by atoms with E-state index in [0.29, 0.717) is 30.1 Å². The quantitative estimate of drug-likeness (QED) is 0.468. The maximum absolute atomic E-state index is 5.43. The predicted octanol–water partition coefficient (Wildman–Crippen LogP) is 2.33. The molecule has 0 aromatic carbocycles. The third kappa shape index (κ3) is 3.83. The Hall–Kier alpha value is -0.850. The summed E-state index contributed by atoms with van der Waals surface area (Å²) in [5.41, 5.74) is 2.59. The van der Waals surface area contributed by atoms with Crippen LogP contribution in [0.15, 0.2) is 11.1 Å². The summed E-state index contributed by atoms with van der Waals surface area (Å²) >= 11 is 1.83. The molecule has 0 bridgehead atoms. The number of nitrogens with two attached hydrogens (primary N) is 1. The Kier molecular flexibility index (Phi) is 5.22. The molecule has 5 nitrogen and oxygen atoms in total. The molecule has 100 valence electrons. The van der Waals surface area contributed by atoms with Crippen LogP contribution in [0.5, 0.6) is 0 Å². The lowest BCUT2D eigenvalue weighted by Gasteiger charge is -2.10. The number of nitrogens with zero attached hydrogens (tertiary/aromatic N) is 2. The Morgan fingerprint density at radius 1 is 1.44 bits per heavy atom. The molecule has 0 radical (unpaired) electrons. The Bertz CT molecular complexity index is 382. The number of thioether (sulfide) groups is 1. The smallest absolute Gasteiger partial charge is 0.157 e. The Balaban J connectivity index is 2.06. The Morgan fingerprint density at radius 2 is 2.22 bits per heavy atom. The lowest BCUT2D eigenvalue weighted by atomic mass is 10.4. The van der Waals surface area contributed by atoms with Crippen LogP contribution < -0.4 is 11.3 Å². The van der Waals surface area contributed by atoms with Gasteiger partial charge in [0.05, 0.1) is 0 Å². The molecule has 1 saturated carbocycles. The fraction of sp³-hybridized carbons (Fsp3) is 0.667. The highest BCUT2D eigenvalue weighted by molar-refractivity contribution is 7.99. The molecule has 0 spiro atoms. The van der Waals surface area contributed by atoms with Crippen molar-refractivity contribution in [3.8, 4) is 0 Å². The van der Waals surface area contributed by atoms with E-state index < -0.39 is 0 Å². The van der Waals surface area contributed by atoms with E-state index in [4.69, 9.17) is 10.6 Å². The molecule has 18 heavy (non-hydrogen) atoms. The van der Waals surface area contributed by atoms with E-state index in [1.54, 1.807) is 0 Å². The van der Waals surface area contributed by atoms with Gasteiger partial charge in [-0.3, -0.25) is 0 Å². The molecule has 0 aliphatic heterocycles. The number of aromatic nitrogens is 2. The van der Waals surface area contributed by atoms with Gasteiger partial charge in [-0.15, -0.1) is 11.8 Å². The van der Waals surface area contributed by atoms with Gasteiger partial charge in [0.2, 0.25) is 0 Å². The average Bonchev–Trinajstić information content (AvgIpc) is 2.89. The zero-order chi connectivity index (χ0) is 12.8. The van der Waals surface area contributed by atoms with Crippen LogP contribution in [0.4, 0.5) is 5.82 Å². The second kappa shape index (κ2) is 6.92. The Labute approximate surface area is 112 Å². The summed E-state index contributed by atoms with van der Waals surface area (Å²) in [5.74, 6) is 6.77. The molecule has 6 heteroatoms. The predicted molar refractivity (Wildman–Crippen MR) is 73.3 cm³/mol. The van der Waals surface area contributed by atoms with Gasteiger partial charge in [-0.2, -0.15) is 0 Å². The molecular weight excluding hydrogens is 248 g/mol. The number of hydrogen-bond donors (Lipinski definition) is 2. The average molecular weight is 268 g/mol. The van der Waals surface area contributed by atoms with Crippen LogP contribution in [-0.2, 0) is 11.3 Å². The Morgan fingerprint density at radius 3 is 2.89 bits per heavy atom. The summed E-state index contributed by atoms with van der Waals surface area (Å²) in [5, 5.41) is 1.67. The largest absolute Gasteiger partial charge is 0.374 e. The topological polar surface area (TPSA) is 73.1 Å². The maximum atomic E-state index is 5.43. The number of nitrogens with one attached hydrogen (secondary N) is 1. The van der Waals surface area contributed by atoms with Crippen molar-refractivity contribution < 1.29 is 4.74 Å². The van der Waals surface area contributed by atoms with Crippen molar-refractivity contribution in [1.29, 1.82) is 0 Å². The molecule has 0 atom stereocenters. The number of rotatable bonds is 6. The van der Waals surface area contributed by atoms with Crippen molar-refractivity contribution >= 4 is 17.6 Å². The van der Waals surface area contributed by atoms with Gasteiger partial charge in [-0.05, 0) is 19.8 Å². The molecule has 3 N–H and O–H groups in total. The van der Waals surface area contributed by atoms with Crippen LogP contribution in [0.3, 0.4) is 0 Å². The highest BCUT2D eigenvalue weighted by Gasteiger charge is 2.17. The normalized spacial score (nSPS) is 16.1. The molecule has 1 aromatic heterocycles.